The second-order valence-corrected chi connectivity index (χ2v) is 4.53. The molecular formula is C15H21O3. The lowest BCUT2D eigenvalue weighted by Crippen LogP contribution is -2.10. The summed E-state index contributed by atoms with van der Waals surface area (Å²) in [6.07, 6.45) is 2.69. The number of carbonyl (C=O) groups is 1. The smallest absolute Gasteiger partial charge is 0.293 e. The van der Waals surface area contributed by atoms with E-state index in [9.17, 15) is 4.79 Å². The van der Waals surface area contributed by atoms with Gasteiger partial charge in [0.2, 0.25) is 0 Å². The van der Waals surface area contributed by atoms with E-state index in [0.717, 1.165) is 36.0 Å². The third-order valence-corrected chi connectivity index (χ3v) is 2.74. The second-order valence-electron chi connectivity index (χ2n) is 4.53. The zero-order valence-corrected chi connectivity index (χ0v) is 11.4. The third-order valence-electron chi connectivity index (χ3n) is 2.74. The van der Waals surface area contributed by atoms with Gasteiger partial charge in [-0.15, -0.1) is 0 Å². The Kier molecular flexibility index (Phi) is 5.86. The molecule has 99 valence electrons. The van der Waals surface area contributed by atoms with Crippen molar-refractivity contribution in [3.8, 4) is 0 Å². The van der Waals surface area contributed by atoms with Crippen molar-refractivity contribution >= 4 is 5.97 Å². The number of hydrogen-bond donors (Lipinski definition) is 0. The Balaban J connectivity index is 2.57. The van der Waals surface area contributed by atoms with E-state index in [1.165, 1.54) is 0 Å². The Morgan fingerprint density at radius 3 is 2.33 bits per heavy atom. The quantitative estimate of drug-likeness (QED) is 0.438. The van der Waals surface area contributed by atoms with Crippen LogP contribution in [0.15, 0.2) is 12.1 Å². The van der Waals surface area contributed by atoms with Gasteiger partial charge in [-0.1, -0.05) is 37.5 Å². The molecule has 0 aliphatic carbocycles. The molecule has 0 N–H and O–H groups in total. The van der Waals surface area contributed by atoms with Crippen molar-refractivity contribution in [1.29, 1.82) is 0 Å². The Bertz CT molecular complexity index is 387. The van der Waals surface area contributed by atoms with Crippen LogP contribution >= 0.6 is 0 Å². The first-order chi connectivity index (χ1) is 8.56. The predicted molar refractivity (Wildman–Crippen MR) is 71.2 cm³/mol. The molecule has 0 aliphatic rings. The van der Waals surface area contributed by atoms with Crippen molar-refractivity contribution in [2.75, 3.05) is 6.61 Å². The maximum Gasteiger partial charge on any atom is 0.373 e. The fourth-order valence-corrected chi connectivity index (χ4v) is 1.98. The van der Waals surface area contributed by atoms with E-state index < -0.39 is 5.97 Å². The van der Waals surface area contributed by atoms with Crippen LogP contribution in [0.5, 0.6) is 0 Å². The molecule has 0 bridgehead atoms. The van der Waals surface area contributed by atoms with Crippen molar-refractivity contribution in [1.82, 2.24) is 0 Å². The highest BCUT2D eigenvalue weighted by Gasteiger charge is 2.15. The molecule has 1 radical (unpaired) electrons. The fourth-order valence-electron chi connectivity index (χ4n) is 1.98. The Morgan fingerprint density at radius 2 is 1.78 bits per heavy atom. The average molecular weight is 249 g/mol. The molecule has 18 heavy (non-hydrogen) atoms. The zero-order chi connectivity index (χ0) is 13.5. The van der Waals surface area contributed by atoms with Crippen LogP contribution in [-0.2, 0) is 9.78 Å². The summed E-state index contributed by atoms with van der Waals surface area (Å²) < 4.78 is 0. The maximum atomic E-state index is 11.9. The van der Waals surface area contributed by atoms with Gasteiger partial charge in [0.05, 0.1) is 12.2 Å². The van der Waals surface area contributed by atoms with Crippen LogP contribution in [0.3, 0.4) is 0 Å². The molecule has 0 heterocycles. The van der Waals surface area contributed by atoms with Crippen LogP contribution in [0.25, 0.3) is 0 Å². The van der Waals surface area contributed by atoms with E-state index in [0.29, 0.717) is 12.2 Å². The zero-order valence-electron chi connectivity index (χ0n) is 11.4. The van der Waals surface area contributed by atoms with Gasteiger partial charge in [-0.05, 0) is 38.3 Å². The number of aryl methyl sites for hydroxylation is 3. The molecule has 0 saturated heterocycles. The van der Waals surface area contributed by atoms with Crippen LogP contribution < -0.4 is 0 Å². The summed E-state index contributed by atoms with van der Waals surface area (Å²) in [5.74, 6) is -0.417. The molecular weight excluding hydrogens is 228 g/mol. The first-order valence-corrected chi connectivity index (χ1v) is 6.27. The van der Waals surface area contributed by atoms with Crippen molar-refractivity contribution in [3.05, 3.63) is 41.3 Å². The summed E-state index contributed by atoms with van der Waals surface area (Å²) in [6.45, 7) is 9.96. The van der Waals surface area contributed by atoms with Crippen LogP contribution in [0.2, 0.25) is 0 Å². The molecule has 3 heteroatoms. The molecule has 0 aliphatic heterocycles. The Labute approximate surface area is 109 Å². The molecule has 1 rings (SSSR count). The molecule has 0 atom stereocenters. The van der Waals surface area contributed by atoms with E-state index in [1.807, 2.05) is 32.9 Å². The highest BCUT2D eigenvalue weighted by Crippen LogP contribution is 2.17. The topological polar surface area (TPSA) is 35.5 Å². The molecule has 0 saturated carbocycles. The minimum Gasteiger partial charge on any atom is -0.293 e. The van der Waals surface area contributed by atoms with Gasteiger partial charge >= 0.3 is 5.97 Å². The van der Waals surface area contributed by atoms with Gasteiger partial charge in [0.1, 0.15) is 0 Å². The van der Waals surface area contributed by atoms with Crippen molar-refractivity contribution in [2.24, 2.45) is 0 Å². The number of rotatable bonds is 6. The van der Waals surface area contributed by atoms with Gasteiger partial charge in [0, 0.05) is 0 Å². The summed E-state index contributed by atoms with van der Waals surface area (Å²) >= 11 is 0. The fraction of sp³-hybridized carbons (Fsp3) is 0.467. The summed E-state index contributed by atoms with van der Waals surface area (Å²) in [6, 6.07) is 3.93. The van der Waals surface area contributed by atoms with E-state index in [4.69, 9.17) is 9.78 Å². The first-order valence-electron chi connectivity index (χ1n) is 6.27. The van der Waals surface area contributed by atoms with Crippen LogP contribution in [0.1, 0.15) is 46.3 Å². The monoisotopic (exact) mass is 249 g/mol. The van der Waals surface area contributed by atoms with Gasteiger partial charge in [-0.2, -0.15) is 4.89 Å². The van der Waals surface area contributed by atoms with Crippen molar-refractivity contribution in [3.63, 3.8) is 0 Å². The number of unbranched alkanes of at least 4 members (excludes halogenated alkanes) is 2. The van der Waals surface area contributed by atoms with E-state index in [1.54, 1.807) is 0 Å². The van der Waals surface area contributed by atoms with Crippen LogP contribution in [0.4, 0.5) is 0 Å². The molecule has 0 amide bonds. The van der Waals surface area contributed by atoms with E-state index in [2.05, 4.69) is 6.92 Å². The standard InChI is InChI=1S/C15H21O3/c1-5-6-7-8-17-18-15(16)14-12(3)9-11(2)10-13(14)4/h9-10H,1,5-8H2,2-4H3. The van der Waals surface area contributed by atoms with Gasteiger partial charge < -0.3 is 0 Å². The SMILES string of the molecule is [CH2]CCCCOOC(=O)c1c(C)cc(C)cc1C. The normalized spacial score (nSPS) is 10.4. The average Bonchev–Trinajstić information content (AvgIpc) is 2.27. The molecule has 0 spiro atoms. The van der Waals surface area contributed by atoms with Gasteiger partial charge in [0.15, 0.2) is 0 Å². The highest BCUT2D eigenvalue weighted by atomic mass is 17.2. The molecule has 0 aromatic heterocycles. The number of benzene rings is 1. The van der Waals surface area contributed by atoms with Gasteiger partial charge in [0.25, 0.3) is 0 Å². The third kappa shape index (κ3) is 4.15. The summed E-state index contributed by atoms with van der Waals surface area (Å²) in [7, 11) is 0. The lowest BCUT2D eigenvalue weighted by atomic mass is 10.0. The van der Waals surface area contributed by atoms with Crippen molar-refractivity contribution in [2.45, 2.75) is 40.0 Å². The van der Waals surface area contributed by atoms with E-state index in [-0.39, 0.29) is 0 Å². The van der Waals surface area contributed by atoms with Crippen molar-refractivity contribution < 1.29 is 14.6 Å². The largest absolute Gasteiger partial charge is 0.373 e. The van der Waals surface area contributed by atoms with E-state index >= 15 is 0 Å². The Hall–Kier alpha value is -1.35. The first kappa shape index (κ1) is 14.7. The molecule has 1 aromatic carbocycles. The summed E-state index contributed by atoms with van der Waals surface area (Å²) in [4.78, 5) is 21.6. The predicted octanol–water partition coefficient (Wildman–Crippen LogP) is 3.70. The highest BCUT2D eigenvalue weighted by molar-refractivity contribution is 5.92. The van der Waals surface area contributed by atoms with Crippen LogP contribution in [0, 0.1) is 27.7 Å². The minimum atomic E-state index is -0.417. The number of carbonyl (C=O) groups excluding carboxylic acids is 1. The molecule has 0 fully saturated rings. The summed E-state index contributed by atoms with van der Waals surface area (Å²) in [5.41, 5.74) is 3.56. The molecule has 3 nitrogen and oxygen atoms in total. The Morgan fingerprint density at radius 1 is 1.17 bits per heavy atom. The number of hydrogen-bond acceptors (Lipinski definition) is 3. The summed E-state index contributed by atoms with van der Waals surface area (Å²) in [5, 5.41) is 0. The molecule has 1 aromatic rings. The lowest BCUT2D eigenvalue weighted by molar-refractivity contribution is -0.241. The van der Waals surface area contributed by atoms with Gasteiger partial charge in [-0.3, -0.25) is 4.89 Å². The lowest BCUT2D eigenvalue weighted by Gasteiger charge is -2.09. The molecule has 0 unspecified atom stereocenters. The minimum absolute atomic E-state index is 0.417. The second kappa shape index (κ2) is 7.17. The van der Waals surface area contributed by atoms with Crippen LogP contribution in [-0.4, -0.2) is 12.6 Å². The maximum absolute atomic E-state index is 11.9. The van der Waals surface area contributed by atoms with Gasteiger partial charge in [-0.25, -0.2) is 4.79 Å².